The van der Waals surface area contributed by atoms with Crippen molar-refractivity contribution in [2.45, 2.75) is 32.0 Å². The van der Waals surface area contributed by atoms with Gasteiger partial charge in [0.05, 0.1) is 23.8 Å². The number of ketones is 1. The summed E-state index contributed by atoms with van der Waals surface area (Å²) in [6.07, 6.45) is 0. The highest BCUT2D eigenvalue weighted by Gasteiger charge is 2.21. The molecule has 4 rings (SSSR count). The number of aromatic nitrogens is 3. The zero-order chi connectivity index (χ0) is 23.0. The van der Waals surface area contributed by atoms with E-state index in [0.717, 1.165) is 21.8 Å². The zero-order valence-corrected chi connectivity index (χ0v) is 21.1. The Labute approximate surface area is 198 Å². The second-order valence-electron chi connectivity index (χ2n) is 7.74. The molecule has 0 saturated carbocycles. The van der Waals surface area contributed by atoms with E-state index in [1.165, 1.54) is 23.1 Å². The first-order chi connectivity index (χ1) is 15.3. The lowest BCUT2D eigenvalue weighted by Crippen LogP contribution is -2.20. The van der Waals surface area contributed by atoms with E-state index in [2.05, 4.69) is 11.5 Å². The summed E-state index contributed by atoms with van der Waals surface area (Å²) in [5.74, 6) is 0.247. The number of carbonyl (C=O) groups excluding carboxylic acids is 1. The molecular weight excluding hydrogens is 462 g/mol. The Balaban J connectivity index is 1.59. The molecule has 0 aromatic carbocycles. The van der Waals surface area contributed by atoms with Crippen molar-refractivity contribution in [3.05, 3.63) is 56.3 Å². The van der Waals surface area contributed by atoms with E-state index in [-0.39, 0.29) is 23.1 Å². The van der Waals surface area contributed by atoms with Crippen LogP contribution in [-0.2, 0) is 11.8 Å². The van der Waals surface area contributed by atoms with Crippen LogP contribution in [0.2, 0.25) is 0 Å². The monoisotopic (exact) mass is 487 g/mol. The lowest BCUT2D eigenvalue weighted by molar-refractivity contribution is 0.102. The highest BCUT2D eigenvalue weighted by Crippen LogP contribution is 2.34. The molecule has 4 heterocycles. The fourth-order valence-corrected chi connectivity index (χ4v) is 6.71. The maximum absolute atomic E-state index is 13.1. The summed E-state index contributed by atoms with van der Waals surface area (Å²) in [6.45, 7) is 6.63. The predicted octanol–water partition coefficient (Wildman–Crippen LogP) is 5.32. The Bertz CT molecular complexity index is 1330. The van der Waals surface area contributed by atoms with Crippen LogP contribution in [0.15, 0.2) is 38.9 Å². The Morgan fingerprint density at radius 3 is 2.78 bits per heavy atom. The molecule has 9 heteroatoms. The van der Waals surface area contributed by atoms with Gasteiger partial charge in [0.1, 0.15) is 4.83 Å². The summed E-state index contributed by atoms with van der Waals surface area (Å²) >= 11 is 4.38. The van der Waals surface area contributed by atoms with Gasteiger partial charge in [0.15, 0.2) is 10.9 Å². The summed E-state index contributed by atoms with van der Waals surface area (Å²) in [7, 11) is 3.40. The molecule has 0 bridgehead atoms. The second-order valence-corrected chi connectivity index (χ2v) is 10.5. The topological polar surface area (TPSA) is 66.1 Å². The number of hydrogen-bond acceptors (Lipinski definition) is 7. The third kappa shape index (κ3) is 4.10. The summed E-state index contributed by atoms with van der Waals surface area (Å²) in [5, 5.41) is 5.18. The van der Waals surface area contributed by atoms with E-state index < -0.39 is 0 Å². The molecule has 1 unspecified atom stereocenters. The molecule has 6 nitrogen and oxygen atoms in total. The molecule has 0 saturated heterocycles. The molecule has 0 radical (unpaired) electrons. The molecule has 0 fully saturated rings. The van der Waals surface area contributed by atoms with Crippen LogP contribution >= 0.6 is 34.4 Å². The maximum Gasteiger partial charge on any atom is 0.263 e. The van der Waals surface area contributed by atoms with Gasteiger partial charge in [-0.05, 0) is 38.3 Å². The van der Waals surface area contributed by atoms with Crippen molar-refractivity contribution in [3.63, 3.8) is 0 Å². The van der Waals surface area contributed by atoms with E-state index in [4.69, 9.17) is 9.72 Å². The summed E-state index contributed by atoms with van der Waals surface area (Å²) in [4.78, 5) is 32.6. The number of ether oxygens (including phenoxy) is 1. The van der Waals surface area contributed by atoms with Gasteiger partial charge in [-0.3, -0.25) is 14.2 Å². The van der Waals surface area contributed by atoms with Gasteiger partial charge in [0, 0.05) is 46.9 Å². The third-order valence-electron chi connectivity index (χ3n) is 5.53. The van der Waals surface area contributed by atoms with E-state index in [9.17, 15) is 9.59 Å². The second kappa shape index (κ2) is 9.35. The number of aryl methyl sites for hydroxylation is 1. The Kier molecular flexibility index (Phi) is 6.71. The molecular formula is C23H25N3O3S3. The fraction of sp³-hybridized carbons (Fsp3) is 0.348. The van der Waals surface area contributed by atoms with Crippen LogP contribution < -0.4 is 5.56 Å². The normalized spacial score (nSPS) is 12.5. The van der Waals surface area contributed by atoms with E-state index in [1.807, 2.05) is 42.8 Å². The fourth-order valence-electron chi connectivity index (χ4n) is 4.06. The van der Waals surface area contributed by atoms with E-state index >= 15 is 0 Å². The minimum absolute atomic E-state index is 0.0266. The number of hydrogen-bond donors (Lipinski definition) is 0. The van der Waals surface area contributed by atoms with Crippen molar-refractivity contribution in [1.82, 2.24) is 14.1 Å². The van der Waals surface area contributed by atoms with Gasteiger partial charge in [-0.25, -0.2) is 4.98 Å². The predicted molar refractivity (Wildman–Crippen MR) is 134 cm³/mol. The number of thioether (sulfide) groups is 1. The van der Waals surface area contributed by atoms with Crippen LogP contribution in [0.4, 0.5) is 0 Å². The van der Waals surface area contributed by atoms with E-state index in [0.29, 0.717) is 27.5 Å². The van der Waals surface area contributed by atoms with Crippen LogP contribution in [0.3, 0.4) is 0 Å². The quantitative estimate of drug-likeness (QED) is 0.191. The highest BCUT2D eigenvalue weighted by molar-refractivity contribution is 7.99. The van der Waals surface area contributed by atoms with Crippen LogP contribution in [0.5, 0.6) is 0 Å². The number of fused-ring (bicyclic) bond motifs is 1. The minimum atomic E-state index is -0.0823. The largest absolute Gasteiger partial charge is 0.383 e. The SMILES string of the molecule is COCC(C)n1c(C)cc(C(=O)CSc2nc3scc(-c4cccs4)c3c(=O)n2C)c1C. The van der Waals surface area contributed by atoms with Crippen molar-refractivity contribution >= 4 is 50.4 Å². The van der Waals surface area contributed by atoms with Crippen molar-refractivity contribution in [3.8, 4) is 10.4 Å². The molecule has 168 valence electrons. The van der Waals surface area contributed by atoms with Gasteiger partial charge >= 0.3 is 0 Å². The molecule has 4 aromatic rings. The Hall–Kier alpha value is -2.20. The summed E-state index contributed by atoms with van der Waals surface area (Å²) in [6, 6.07) is 6.07. The molecule has 4 aromatic heterocycles. The number of methoxy groups -OCH3 is 1. The van der Waals surface area contributed by atoms with Crippen molar-refractivity contribution in [2.75, 3.05) is 19.5 Å². The Morgan fingerprint density at radius 2 is 2.09 bits per heavy atom. The molecule has 0 aliphatic carbocycles. The van der Waals surface area contributed by atoms with Crippen LogP contribution in [-0.4, -0.2) is 39.4 Å². The van der Waals surface area contributed by atoms with Gasteiger partial charge in [0.25, 0.3) is 5.56 Å². The van der Waals surface area contributed by atoms with E-state index in [1.54, 1.807) is 30.1 Å². The first-order valence-corrected chi connectivity index (χ1v) is 12.9. The third-order valence-corrected chi connectivity index (χ3v) is 8.33. The number of thiophene rings is 2. The van der Waals surface area contributed by atoms with Crippen molar-refractivity contribution in [1.29, 1.82) is 0 Å². The molecule has 32 heavy (non-hydrogen) atoms. The molecule has 0 aliphatic heterocycles. The lowest BCUT2D eigenvalue weighted by Gasteiger charge is -2.17. The number of rotatable bonds is 8. The highest BCUT2D eigenvalue weighted by atomic mass is 32.2. The van der Waals surface area contributed by atoms with Crippen molar-refractivity contribution < 1.29 is 9.53 Å². The standard InChI is InChI=1S/C23H25N3O3S3/c1-13-9-16(15(3)26(13)14(2)10-29-5)18(27)12-32-23-24-21-20(22(28)25(23)4)17(11-31-21)19-7-6-8-30-19/h6-9,11,14H,10,12H2,1-5H3. The number of nitrogens with zero attached hydrogens (tertiary/aromatic N) is 3. The van der Waals surface area contributed by atoms with Crippen LogP contribution in [0.25, 0.3) is 20.7 Å². The average molecular weight is 488 g/mol. The average Bonchev–Trinajstić information content (AvgIpc) is 3.48. The first kappa shape index (κ1) is 23.0. The molecule has 0 aliphatic rings. The van der Waals surface area contributed by atoms with Gasteiger partial charge in [-0.1, -0.05) is 17.8 Å². The van der Waals surface area contributed by atoms with Gasteiger partial charge in [-0.15, -0.1) is 22.7 Å². The van der Waals surface area contributed by atoms with Gasteiger partial charge < -0.3 is 9.30 Å². The molecule has 0 amide bonds. The van der Waals surface area contributed by atoms with Gasteiger partial charge in [0.2, 0.25) is 0 Å². The van der Waals surface area contributed by atoms with Crippen LogP contribution in [0, 0.1) is 13.8 Å². The van der Waals surface area contributed by atoms with Gasteiger partial charge in [-0.2, -0.15) is 0 Å². The Morgan fingerprint density at radius 1 is 1.31 bits per heavy atom. The lowest BCUT2D eigenvalue weighted by atomic mass is 10.2. The molecule has 0 spiro atoms. The smallest absolute Gasteiger partial charge is 0.263 e. The first-order valence-electron chi connectivity index (χ1n) is 10.2. The zero-order valence-electron chi connectivity index (χ0n) is 18.7. The van der Waals surface area contributed by atoms with Crippen LogP contribution in [0.1, 0.15) is 34.7 Å². The maximum atomic E-state index is 13.1. The summed E-state index contributed by atoms with van der Waals surface area (Å²) < 4.78 is 8.97. The van der Waals surface area contributed by atoms with Crippen molar-refractivity contribution in [2.24, 2.45) is 7.05 Å². The molecule has 1 atom stereocenters. The minimum Gasteiger partial charge on any atom is -0.383 e. The summed E-state index contributed by atoms with van der Waals surface area (Å²) in [5.41, 5.74) is 3.53. The number of Topliss-reactive ketones (excluding diaryl/α,β-unsaturated/α-hetero) is 1. The number of carbonyl (C=O) groups is 1. The molecule has 0 N–H and O–H groups in total.